The largest absolute Gasteiger partial charge is 0.457 e. The molecule has 1 fully saturated rings. The van der Waals surface area contributed by atoms with E-state index in [-0.39, 0.29) is 31.0 Å². The fourth-order valence-electron chi connectivity index (χ4n) is 2.93. The van der Waals surface area contributed by atoms with Crippen molar-refractivity contribution in [2.45, 2.75) is 13.0 Å². The first-order chi connectivity index (χ1) is 14.1. The van der Waals surface area contributed by atoms with Gasteiger partial charge in [0.15, 0.2) is 11.6 Å². The SMILES string of the molecule is C[C@H](Nc1ncc(F)c(N2CCOC2=O)n1)c1ccc(Oc2ccccc2)cc1. The second-order valence-electron chi connectivity index (χ2n) is 6.48. The minimum atomic E-state index is -0.676. The van der Waals surface area contributed by atoms with Gasteiger partial charge in [-0.3, -0.25) is 4.90 Å². The van der Waals surface area contributed by atoms with Gasteiger partial charge in [0.2, 0.25) is 5.95 Å². The van der Waals surface area contributed by atoms with E-state index in [0.29, 0.717) is 0 Å². The van der Waals surface area contributed by atoms with Gasteiger partial charge in [0.25, 0.3) is 0 Å². The molecule has 0 saturated carbocycles. The van der Waals surface area contributed by atoms with Crippen LogP contribution in [0.3, 0.4) is 0 Å². The number of benzene rings is 2. The predicted octanol–water partition coefficient (Wildman–Crippen LogP) is 4.54. The van der Waals surface area contributed by atoms with Gasteiger partial charge in [-0.2, -0.15) is 4.98 Å². The maximum Gasteiger partial charge on any atom is 0.415 e. The van der Waals surface area contributed by atoms with E-state index in [9.17, 15) is 9.18 Å². The molecule has 1 amide bonds. The lowest BCUT2D eigenvalue weighted by molar-refractivity contribution is 0.181. The summed E-state index contributed by atoms with van der Waals surface area (Å²) in [4.78, 5) is 21.0. The van der Waals surface area contributed by atoms with Crippen LogP contribution in [0.25, 0.3) is 0 Å². The molecule has 1 saturated heterocycles. The van der Waals surface area contributed by atoms with Crippen molar-refractivity contribution < 1.29 is 18.7 Å². The average molecular weight is 394 g/mol. The van der Waals surface area contributed by atoms with Crippen molar-refractivity contribution in [2.75, 3.05) is 23.4 Å². The van der Waals surface area contributed by atoms with Crippen molar-refractivity contribution >= 4 is 17.9 Å². The summed E-state index contributed by atoms with van der Waals surface area (Å²) in [7, 11) is 0. The molecular weight excluding hydrogens is 375 g/mol. The topological polar surface area (TPSA) is 76.6 Å². The van der Waals surface area contributed by atoms with Gasteiger partial charge in [-0.1, -0.05) is 30.3 Å². The summed E-state index contributed by atoms with van der Waals surface area (Å²) < 4.78 is 24.7. The van der Waals surface area contributed by atoms with Crippen molar-refractivity contribution in [3.05, 3.63) is 72.2 Å². The number of hydrogen-bond acceptors (Lipinski definition) is 6. The maximum atomic E-state index is 14.1. The van der Waals surface area contributed by atoms with E-state index in [2.05, 4.69) is 15.3 Å². The summed E-state index contributed by atoms with van der Waals surface area (Å²) in [5, 5.41) is 3.12. The summed E-state index contributed by atoms with van der Waals surface area (Å²) in [5.74, 6) is 0.936. The van der Waals surface area contributed by atoms with Crippen LogP contribution in [0.4, 0.5) is 21.0 Å². The van der Waals surface area contributed by atoms with E-state index in [4.69, 9.17) is 9.47 Å². The van der Waals surface area contributed by atoms with Crippen LogP contribution < -0.4 is 15.0 Å². The molecule has 0 bridgehead atoms. The molecule has 4 rings (SSSR count). The predicted molar refractivity (Wildman–Crippen MR) is 106 cm³/mol. The van der Waals surface area contributed by atoms with Crippen LogP contribution in [0.5, 0.6) is 11.5 Å². The van der Waals surface area contributed by atoms with Gasteiger partial charge in [-0.05, 0) is 36.8 Å². The van der Waals surface area contributed by atoms with Crippen molar-refractivity contribution in [2.24, 2.45) is 0 Å². The number of nitrogens with one attached hydrogen (secondary N) is 1. The minimum Gasteiger partial charge on any atom is -0.457 e. The molecule has 7 nitrogen and oxygen atoms in total. The number of carbonyl (C=O) groups excluding carboxylic acids is 1. The van der Waals surface area contributed by atoms with E-state index in [1.807, 2.05) is 61.5 Å². The van der Waals surface area contributed by atoms with Crippen LogP contribution in [0.15, 0.2) is 60.8 Å². The van der Waals surface area contributed by atoms with Crippen LogP contribution in [-0.4, -0.2) is 29.2 Å². The quantitative estimate of drug-likeness (QED) is 0.662. The van der Waals surface area contributed by atoms with E-state index in [0.717, 1.165) is 28.2 Å². The molecule has 0 radical (unpaired) electrons. The van der Waals surface area contributed by atoms with Crippen LogP contribution in [-0.2, 0) is 4.74 Å². The summed E-state index contributed by atoms with van der Waals surface area (Å²) >= 11 is 0. The Hall–Kier alpha value is -3.68. The third kappa shape index (κ3) is 4.26. The highest BCUT2D eigenvalue weighted by atomic mass is 19.1. The first-order valence-corrected chi connectivity index (χ1v) is 9.16. The number of anilines is 2. The van der Waals surface area contributed by atoms with E-state index in [1.165, 1.54) is 0 Å². The molecule has 1 aliphatic rings. The fraction of sp³-hybridized carbons (Fsp3) is 0.190. The van der Waals surface area contributed by atoms with E-state index in [1.54, 1.807) is 0 Å². The second kappa shape index (κ2) is 8.14. The first kappa shape index (κ1) is 18.7. The highest BCUT2D eigenvalue weighted by Crippen LogP contribution is 2.26. The molecule has 1 atom stereocenters. The number of para-hydroxylation sites is 1. The molecule has 1 aromatic heterocycles. The molecule has 2 heterocycles. The van der Waals surface area contributed by atoms with Gasteiger partial charge in [0.05, 0.1) is 18.8 Å². The lowest BCUT2D eigenvalue weighted by atomic mass is 10.1. The van der Waals surface area contributed by atoms with Gasteiger partial charge in [0.1, 0.15) is 18.1 Å². The highest BCUT2D eigenvalue weighted by molar-refractivity contribution is 5.88. The summed E-state index contributed by atoms with van der Waals surface area (Å²) in [5.41, 5.74) is 0.973. The normalized spacial score (nSPS) is 14.4. The Balaban J connectivity index is 1.45. The maximum absolute atomic E-state index is 14.1. The molecule has 0 unspecified atom stereocenters. The van der Waals surface area contributed by atoms with Crippen LogP contribution in [0.2, 0.25) is 0 Å². The molecule has 148 valence electrons. The van der Waals surface area contributed by atoms with Crippen molar-refractivity contribution in [3.8, 4) is 11.5 Å². The van der Waals surface area contributed by atoms with Gasteiger partial charge < -0.3 is 14.8 Å². The van der Waals surface area contributed by atoms with Crippen LogP contribution in [0.1, 0.15) is 18.5 Å². The molecule has 3 aromatic rings. The average Bonchev–Trinajstić information content (AvgIpc) is 3.16. The van der Waals surface area contributed by atoms with Crippen molar-refractivity contribution in [1.82, 2.24) is 9.97 Å². The molecule has 29 heavy (non-hydrogen) atoms. The fourth-order valence-corrected chi connectivity index (χ4v) is 2.93. The Morgan fingerprint density at radius 3 is 2.55 bits per heavy atom. The molecule has 0 spiro atoms. The molecule has 0 aliphatic carbocycles. The number of rotatable bonds is 6. The number of aromatic nitrogens is 2. The van der Waals surface area contributed by atoms with Crippen molar-refractivity contribution in [1.29, 1.82) is 0 Å². The highest BCUT2D eigenvalue weighted by Gasteiger charge is 2.28. The third-order valence-electron chi connectivity index (χ3n) is 4.45. The number of hydrogen-bond donors (Lipinski definition) is 1. The molecular formula is C21H19FN4O3. The van der Waals surface area contributed by atoms with Gasteiger partial charge >= 0.3 is 6.09 Å². The smallest absolute Gasteiger partial charge is 0.415 e. The lowest BCUT2D eigenvalue weighted by Crippen LogP contribution is -2.26. The van der Waals surface area contributed by atoms with Crippen molar-refractivity contribution in [3.63, 3.8) is 0 Å². The molecule has 2 aromatic carbocycles. The third-order valence-corrected chi connectivity index (χ3v) is 4.45. The summed E-state index contributed by atoms with van der Waals surface area (Å²) in [6.07, 6.45) is 0.426. The Labute approximate surface area is 167 Å². The lowest BCUT2D eigenvalue weighted by Gasteiger charge is -2.17. The Morgan fingerprint density at radius 2 is 1.86 bits per heavy atom. The van der Waals surface area contributed by atoms with Gasteiger partial charge in [0, 0.05) is 0 Å². The Kier molecular flexibility index (Phi) is 5.24. The molecule has 1 aliphatic heterocycles. The number of carbonyl (C=O) groups is 1. The van der Waals surface area contributed by atoms with E-state index >= 15 is 0 Å². The molecule has 1 N–H and O–H groups in total. The van der Waals surface area contributed by atoms with Crippen LogP contribution in [0, 0.1) is 5.82 Å². The summed E-state index contributed by atoms with van der Waals surface area (Å²) in [6.45, 7) is 2.40. The number of cyclic esters (lactones) is 1. The number of amides is 1. The zero-order valence-corrected chi connectivity index (χ0v) is 15.7. The van der Waals surface area contributed by atoms with Gasteiger partial charge in [-0.15, -0.1) is 0 Å². The zero-order valence-electron chi connectivity index (χ0n) is 15.7. The number of ether oxygens (including phenoxy) is 2. The Morgan fingerprint density at radius 1 is 1.14 bits per heavy atom. The first-order valence-electron chi connectivity index (χ1n) is 9.16. The molecule has 8 heteroatoms. The number of nitrogens with zero attached hydrogens (tertiary/aromatic N) is 3. The minimum absolute atomic E-state index is 0.0937. The Bertz CT molecular complexity index is 999. The summed E-state index contributed by atoms with van der Waals surface area (Å²) in [6, 6.07) is 17.0. The zero-order chi connectivity index (χ0) is 20.2. The van der Waals surface area contributed by atoms with Gasteiger partial charge in [-0.25, -0.2) is 14.2 Å². The number of halogens is 1. The van der Waals surface area contributed by atoms with Crippen LogP contribution >= 0.6 is 0 Å². The monoisotopic (exact) mass is 394 g/mol. The second-order valence-corrected chi connectivity index (χ2v) is 6.48. The standard InChI is InChI=1S/C21H19FN4O3/c1-14(15-7-9-17(10-8-15)29-16-5-3-2-4-6-16)24-20-23-13-18(22)19(25-20)26-11-12-28-21(26)27/h2-10,13-14H,11-12H2,1H3,(H,23,24,25)/t14-/m0/s1. The van der Waals surface area contributed by atoms with E-state index < -0.39 is 11.9 Å².